The number of hydrogen-bond acceptors (Lipinski definition) is 2. The standard InChI is InChI=1S/C9H9BrN2/c1-6(12)8-3-2-7(5-11)4-9(8)10/h2-4,6H,12H2,1H3. The van der Waals surface area contributed by atoms with Crippen molar-refractivity contribution in [2.75, 3.05) is 0 Å². The lowest BCUT2D eigenvalue weighted by Crippen LogP contribution is -2.05. The van der Waals surface area contributed by atoms with Crippen LogP contribution in [0.5, 0.6) is 0 Å². The second-order valence-corrected chi connectivity index (χ2v) is 3.49. The highest BCUT2D eigenvalue weighted by atomic mass is 79.9. The van der Waals surface area contributed by atoms with Gasteiger partial charge >= 0.3 is 0 Å². The fourth-order valence-electron chi connectivity index (χ4n) is 0.966. The molecule has 0 saturated heterocycles. The molecule has 1 unspecified atom stereocenters. The second kappa shape index (κ2) is 3.70. The molecule has 2 nitrogen and oxygen atoms in total. The minimum Gasteiger partial charge on any atom is -0.324 e. The van der Waals surface area contributed by atoms with Gasteiger partial charge in [0.05, 0.1) is 11.6 Å². The average molecular weight is 225 g/mol. The van der Waals surface area contributed by atoms with Crippen LogP contribution < -0.4 is 5.73 Å². The number of nitrogens with zero attached hydrogens (tertiary/aromatic N) is 1. The van der Waals surface area contributed by atoms with Gasteiger partial charge in [-0.15, -0.1) is 0 Å². The van der Waals surface area contributed by atoms with Crippen molar-refractivity contribution in [2.24, 2.45) is 5.73 Å². The Kier molecular flexibility index (Phi) is 2.85. The first-order valence-electron chi connectivity index (χ1n) is 3.60. The number of benzene rings is 1. The lowest BCUT2D eigenvalue weighted by molar-refractivity contribution is 0.813. The molecule has 12 heavy (non-hydrogen) atoms. The minimum absolute atomic E-state index is 0.00730. The van der Waals surface area contributed by atoms with E-state index in [4.69, 9.17) is 11.0 Å². The lowest BCUT2D eigenvalue weighted by atomic mass is 10.1. The van der Waals surface area contributed by atoms with Crippen LogP contribution in [0.25, 0.3) is 0 Å². The first-order valence-corrected chi connectivity index (χ1v) is 4.39. The predicted octanol–water partition coefficient (Wildman–Crippen LogP) is 2.34. The number of rotatable bonds is 1. The van der Waals surface area contributed by atoms with Crippen LogP contribution in [0.2, 0.25) is 0 Å². The van der Waals surface area contributed by atoms with E-state index in [1.807, 2.05) is 13.0 Å². The molecule has 1 aromatic carbocycles. The van der Waals surface area contributed by atoms with Crippen LogP contribution in [0.15, 0.2) is 22.7 Å². The molecule has 0 spiro atoms. The highest BCUT2D eigenvalue weighted by Crippen LogP contribution is 2.22. The highest BCUT2D eigenvalue weighted by Gasteiger charge is 2.04. The third-order valence-electron chi connectivity index (χ3n) is 1.62. The summed E-state index contributed by atoms with van der Waals surface area (Å²) >= 11 is 3.36. The summed E-state index contributed by atoms with van der Waals surface area (Å²) in [5, 5.41) is 8.59. The first kappa shape index (κ1) is 9.24. The molecule has 0 saturated carbocycles. The zero-order chi connectivity index (χ0) is 9.14. The van der Waals surface area contributed by atoms with E-state index in [1.165, 1.54) is 0 Å². The van der Waals surface area contributed by atoms with E-state index in [0.29, 0.717) is 5.56 Å². The van der Waals surface area contributed by atoms with Gasteiger partial charge in [-0.05, 0) is 24.6 Å². The molecule has 1 rings (SSSR count). The van der Waals surface area contributed by atoms with E-state index in [-0.39, 0.29) is 6.04 Å². The topological polar surface area (TPSA) is 49.8 Å². The smallest absolute Gasteiger partial charge is 0.0992 e. The van der Waals surface area contributed by atoms with Crippen molar-refractivity contribution in [2.45, 2.75) is 13.0 Å². The molecule has 0 aliphatic carbocycles. The Hall–Kier alpha value is -0.850. The Morgan fingerprint density at radius 1 is 1.58 bits per heavy atom. The summed E-state index contributed by atoms with van der Waals surface area (Å²) in [5.74, 6) is 0. The number of halogens is 1. The molecule has 0 amide bonds. The Morgan fingerprint density at radius 2 is 2.25 bits per heavy atom. The lowest BCUT2D eigenvalue weighted by Gasteiger charge is -2.07. The van der Waals surface area contributed by atoms with Crippen molar-refractivity contribution in [3.63, 3.8) is 0 Å². The zero-order valence-corrected chi connectivity index (χ0v) is 8.30. The molecule has 62 valence electrons. The van der Waals surface area contributed by atoms with Gasteiger partial charge in [-0.1, -0.05) is 22.0 Å². The van der Waals surface area contributed by atoms with Gasteiger partial charge in [-0.3, -0.25) is 0 Å². The summed E-state index contributed by atoms with van der Waals surface area (Å²) < 4.78 is 0.900. The summed E-state index contributed by atoms with van der Waals surface area (Å²) in [6.45, 7) is 1.91. The van der Waals surface area contributed by atoms with Gasteiger partial charge in [-0.25, -0.2) is 0 Å². The summed E-state index contributed by atoms with van der Waals surface area (Å²) in [4.78, 5) is 0. The number of nitriles is 1. The Bertz CT molecular complexity index is 326. The van der Waals surface area contributed by atoms with Crippen LogP contribution in [-0.4, -0.2) is 0 Å². The molecule has 1 atom stereocenters. The van der Waals surface area contributed by atoms with Crippen molar-refractivity contribution in [3.05, 3.63) is 33.8 Å². The molecule has 0 aliphatic heterocycles. The van der Waals surface area contributed by atoms with Crippen LogP contribution in [0.3, 0.4) is 0 Å². The predicted molar refractivity (Wildman–Crippen MR) is 51.5 cm³/mol. The Labute approximate surface area is 80.1 Å². The van der Waals surface area contributed by atoms with Gasteiger partial charge in [0.25, 0.3) is 0 Å². The van der Waals surface area contributed by atoms with Crippen LogP contribution in [-0.2, 0) is 0 Å². The number of nitrogens with two attached hydrogens (primary N) is 1. The van der Waals surface area contributed by atoms with Crippen molar-refractivity contribution in [3.8, 4) is 6.07 Å². The van der Waals surface area contributed by atoms with Gasteiger partial charge in [0.1, 0.15) is 0 Å². The molecule has 1 aromatic rings. The minimum atomic E-state index is -0.00730. The monoisotopic (exact) mass is 224 g/mol. The summed E-state index contributed by atoms with van der Waals surface area (Å²) in [6.07, 6.45) is 0. The fraction of sp³-hybridized carbons (Fsp3) is 0.222. The molecule has 0 aromatic heterocycles. The van der Waals surface area contributed by atoms with Gasteiger partial charge in [0, 0.05) is 10.5 Å². The second-order valence-electron chi connectivity index (χ2n) is 2.64. The summed E-state index contributed by atoms with van der Waals surface area (Å²) in [7, 11) is 0. The molecule has 0 fully saturated rings. The van der Waals surface area contributed by atoms with Crippen LogP contribution >= 0.6 is 15.9 Å². The van der Waals surface area contributed by atoms with Gasteiger partial charge in [0.15, 0.2) is 0 Å². The molecule has 0 aliphatic rings. The van der Waals surface area contributed by atoms with E-state index in [9.17, 15) is 0 Å². The van der Waals surface area contributed by atoms with E-state index >= 15 is 0 Å². The molecule has 0 heterocycles. The first-order chi connectivity index (χ1) is 5.65. The SMILES string of the molecule is CC(N)c1ccc(C#N)cc1Br. The van der Waals surface area contributed by atoms with Crippen LogP contribution in [0.4, 0.5) is 0 Å². The van der Waals surface area contributed by atoms with E-state index in [1.54, 1.807) is 12.1 Å². The van der Waals surface area contributed by atoms with Crippen LogP contribution in [0, 0.1) is 11.3 Å². The van der Waals surface area contributed by atoms with Gasteiger partial charge < -0.3 is 5.73 Å². The van der Waals surface area contributed by atoms with E-state index in [2.05, 4.69) is 22.0 Å². The van der Waals surface area contributed by atoms with Crippen LogP contribution in [0.1, 0.15) is 24.1 Å². The summed E-state index contributed by atoms with van der Waals surface area (Å²) in [6, 6.07) is 7.47. The molecule has 3 heteroatoms. The third-order valence-corrected chi connectivity index (χ3v) is 2.31. The molecular weight excluding hydrogens is 216 g/mol. The molecular formula is C9H9BrN2. The largest absolute Gasteiger partial charge is 0.324 e. The Balaban J connectivity index is 3.14. The van der Waals surface area contributed by atoms with E-state index < -0.39 is 0 Å². The van der Waals surface area contributed by atoms with Crippen molar-refractivity contribution < 1.29 is 0 Å². The summed E-state index contributed by atoms with van der Waals surface area (Å²) in [5.41, 5.74) is 7.36. The zero-order valence-electron chi connectivity index (χ0n) is 6.71. The fourth-order valence-corrected chi connectivity index (χ4v) is 1.71. The third kappa shape index (κ3) is 1.84. The van der Waals surface area contributed by atoms with Crippen molar-refractivity contribution >= 4 is 15.9 Å². The maximum Gasteiger partial charge on any atom is 0.0992 e. The normalized spacial score (nSPS) is 12.2. The van der Waals surface area contributed by atoms with Gasteiger partial charge in [0.2, 0.25) is 0 Å². The van der Waals surface area contributed by atoms with Crippen molar-refractivity contribution in [1.29, 1.82) is 5.26 Å². The maximum atomic E-state index is 8.59. The van der Waals surface area contributed by atoms with Gasteiger partial charge in [-0.2, -0.15) is 5.26 Å². The molecule has 2 N–H and O–H groups in total. The van der Waals surface area contributed by atoms with Crippen molar-refractivity contribution in [1.82, 2.24) is 0 Å². The molecule has 0 bridgehead atoms. The average Bonchev–Trinajstić information content (AvgIpc) is 2.03. The maximum absolute atomic E-state index is 8.59. The highest BCUT2D eigenvalue weighted by molar-refractivity contribution is 9.10. The Morgan fingerprint density at radius 3 is 2.67 bits per heavy atom. The van der Waals surface area contributed by atoms with E-state index in [0.717, 1.165) is 10.0 Å². The quantitative estimate of drug-likeness (QED) is 0.797. The number of hydrogen-bond donors (Lipinski definition) is 1. The molecule has 0 radical (unpaired) electrons.